The molecule has 0 fully saturated rings. The van der Waals surface area contributed by atoms with Gasteiger partial charge in [-0.2, -0.15) is 5.26 Å². The third-order valence-corrected chi connectivity index (χ3v) is 4.21. The fourth-order valence-corrected chi connectivity index (χ4v) is 2.79. The predicted molar refractivity (Wildman–Crippen MR) is 112 cm³/mol. The van der Waals surface area contributed by atoms with Gasteiger partial charge >= 0.3 is 0 Å². The Morgan fingerprint density at radius 3 is 2.28 bits per heavy atom. The Morgan fingerprint density at radius 2 is 1.66 bits per heavy atom. The summed E-state index contributed by atoms with van der Waals surface area (Å²) in [6.07, 6.45) is 1.36. The van der Waals surface area contributed by atoms with Crippen LogP contribution in [0.25, 0.3) is 17.4 Å². The van der Waals surface area contributed by atoms with Crippen molar-refractivity contribution >= 4 is 40.9 Å². The molecule has 0 spiro atoms. The highest BCUT2D eigenvalue weighted by atomic mass is 35.5. The van der Waals surface area contributed by atoms with Gasteiger partial charge in [-0.1, -0.05) is 23.7 Å². The molecule has 0 bridgehead atoms. The fourth-order valence-electron chi connectivity index (χ4n) is 2.57. The smallest absolute Gasteiger partial charge is 0.266 e. The highest BCUT2D eigenvalue weighted by molar-refractivity contribution is 6.33. The van der Waals surface area contributed by atoms with E-state index in [2.05, 4.69) is 10.6 Å². The molecule has 0 unspecified atom stereocenters. The first-order chi connectivity index (χ1) is 14.0. The van der Waals surface area contributed by atoms with Crippen molar-refractivity contribution in [2.45, 2.75) is 6.92 Å². The number of carbonyl (C=O) groups is 2. The molecule has 2 amide bonds. The van der Waals surface area contributed by atoms with E-state index in [0.29, 0.717) is 27.9 Å². The summed E-state index contributed by atoms with van der Waals surface area (Å²) in [5.74, 6) is 0.127. The molecule has 29 heavy (non-hydrogen) atoms. The topological polar surface area (TPSA) is 95.1 Å². The van der Waals surface area contributed by atoms with E-state index in [4.69, 9.17) is 16.0 Å². The number of carbonyl (C=O) groups excluding carboxylic acids is 2. The second kappa shape index (κ2) is 8.91. The van der Waals surface area contributed by atoms with Crippen molar-refractivity contribution in [3.8, 4) is 17.4 Å². The first-order valence-corrected chi connectivity index (χ1v) is 8.99. The molecular weight excluding hydrogens is 390 g/mol. The van der Waals surface area contributed by atoms with Crippen molar-refractivity contribution < 1.29 is 14.0 Å². The van der Waals surface area contributed by atoms with Crippen LogP contribution in [0.3, 0.4) is 0 Å². The number of amides is 2. The molecule has 0 aliphatic carbocycles. The number of hydrogen-bond acceptors (Lipinski definition) is 4. The second-order valence-electron chi connectivity index (χ2n) is 6.06. The van der Waals surface area contributed by atoms with Crippen molar-refractivity contribution in [3.63, 3.8) is 0 Å². The number of nitrogens with zero attached hydrogens (tertiary/aromatic N) is 1. The number of rotatable bonds is 5. The highest BCUT2D eigenvalue weighted by Gasteiger charge is 2.12. The standard InChI is InChI=1S/C22H16ClN3O3/c1-14(27)25-16-6-8-17(9-7-16)26-22(28)15(13-24)12-18-10-11-21(29-18)19-4-2-3-5-20(19)23/h2-12H,1H3,(H,25,27)(H,26,28)/b15-12+. The Labute approximate surface area is 172 Å². The van der Waals surface area contributed by atoms with E-state index in [0.717, 1.165) is 5.56 Å². The number of hydrogen-bond donors (Lipinski definition) is 2. The predicted octanol–water partition coefficient (Wildman–Crippen LogP) is 5.10. The first-order valence-electron chi connectivity index (χ1n) is 8.62. The van der Waals surface area contributed by atoms with Crippen LogP contribution in [0.5, 0.6) is 0 Å². The van der Waals surface area contributed by atoms with Crippen LogP contribution in [-0.2, 0) is 9.59 Å². The zero-order chi connectivity index (χ0) is 20.8. The number of nitriles is 1. The van der Waals surface area contributed by atoms with Gasteiger partial charge in [0.1, 0.15) is 23.2 Å². The molecule has 0 aliphatic rings. The molecule has 3 aromatic rings. The Balaban J connectivity index is 1.75. The van der Waals surface area contributed by atoms with E-state index in [9.17, 15) is 14.9 Å². The van der Waals surface area contributed by atoms with E-state index in [-0.39, 0.29) is 11.5 Å². The van der Waals surface area contributed by atoms with E-state index in [1.165, 1.54) is 13.0 Å². The van der Waals surface area contributed by atoms with Gasteiger partial charge in [0.15, 0.2) is 0 Å². The molecule has 0 radical (unpaired) electrons. The van der Waals surface area contributed by atoms with Crippen LogP contribution in [0, 0.1) is 11.3 Å². The van der Waals surface area contributed by atoms with Gasteiger partial charge in [0.05, 0.1) is 5.02 Å². The Kier molecular flexibility index (Phi) is 6.12. The minimum atomic E-state index is -0.574. The largest absolute Gasteiger partial charge is 0.457 e. The van der Waals surface area contributed by atoms with Crippen molar-refractivity contribution in [1.82, 2.24) is 0 Å². The van der Waals surface area contributed by atoms with Gasteiger partial charge in [0, 0.05) is 29.9 Å². The molecule has 1 heterocycles. The van der Waals surface area contributed by atoms with Crippen LogP contribution in [0.1, 0.15) is 12.7 Å². The zero-order valence-corrected chi connectivity index (χ0v) is 16.2. The van der Waals surface area contributed by atoms with Gasteiger partial charge < -0.3 is 15.1 Å². The molecule has 0 saturated carbocycles. The van der Waals surface area contributed by atoms with Crippen LogP contribution >= 0.6 is 11.6 Å². The molecule has 2 N–H and O–H groups in total. The lowest BCUT2D eigenvalue weighted by Crippen LogP contribution is -2.13. The first kappa shape index (κ1) is 19.9. The van der Waals surface area contributed by atoms with Crippen LogP contribution in [-0.4, -0.2) is 11.8 Å². The molecule has 1 aromatic heterocycles. The van der Waals surface area contributed by atoms with Gasteiger partial charge in [-0.15, -0.1) is 0 Å². The zero-order valence-electron chi connectivity index (χ0n) is 15.4. The number of halogens is 1. The molecule has 0 saturated heterocycles. The minimum absolute atomic E-state index is 0.115. The summed E-state index contributed by atoms with van der Waals surface area (Å²) in [6.45, 7) is 1.41. The van der Waals surface area contributed by atoms with Crippen molar-refractivity contribution in [2.24, 2.45) is 0 Å². The van der Waals surface area contributed by atoms with Crippen LogP contribution in [0.15, 0.2) is 70.7 Å². The molecule has 144 valence electrons. The Bertz CT molecular complexity index is 1120. The molecule has 2 aromatic carbocycles. The maximum absolute atomic E-state index is 12.4. The second-order valence-corrected chi connectivity index (χ2v) is 6.47. The Hall–Kier alpha value is -3.82. The third kappa shape index (κ3) is 5.12. The molecule has 0 atom stereocenters. The summed E-state index contributed by atoms with van der Waals surface area (Å²) >= 11 is 6.17. The number of anilines is 2. The molecular formula is C22H16ClN3O3. The van der Waals surface area contributed by atoms with Crippen molar-refractivity contribution in [2.75, 3.05) is 10.6 Å². The summed E-state index contributed by atoms with van der Waals surface area (Å²) in [4.78, 5) is 23.5. The number of furan rings is 1. The van der Waals surface area contributed by atoms with E-state index in [1.807, 2.05) is 24.3 Å². The van der Waals surface area contributed by atoms with Gasteiger partial charge in [0.2, 0.25) is 5.91 Å². The Morgan fingerprint density at radius 1 is 1.00 bits per heavy atom. The maximum atomic E-state index is 12.4. The van der Waals surface area contributed by atoms with E-state index < -0.39 is 5.91 Å². The minimum Gasteiger partial charge on any atom is -0.457 e. The molecule has 3 rings (SSSR count). The van der Waals surface area contributed by atoms with E-state index >= 15 is 0 Å². The summed E-state index contributed by atoms with van der Waals surface area (Å²) in [6, 6.07) is 19.0. The number of nitrogens with one attached hydrogen (secondary N) is 2. The molecule has 0 aliphatic heterocycles. The summed E-state index contributed by atoms with van der Waals surface area (Å²) in [7, 11) is 0. The summed E-state index contributed by atoms with van der Waals surface area (Å²) in [5.41, 5.74) is 1.70. The van der Waals surface area contributed by atoms with Crippen LogP contribution < -0.4 is 10.6 Å². The molecule has 6 nitrogen and oxygen atoms in total. The van der Waals surface area contributed by atoms with Gasteiger partial charge in [-0.3, -0.25) is 9.59 Å². The summed E-state index contributed by atoms with van der Waals surface area (Å²) in [5, 5.41) is 15.2. The lowest BCUT2D eigenvalue weighted by molar-refractivity contribution is -0.114. The summed E-state index contributed by atoms with van der Waals surface area (Å²) < 4.78 is 5.70. The average molecular weight is 406 g/mol. The van der Waals surface area contributed by atoms with E-state index in [1.54, 1.807) is 42.5 Å². The van der Waals surface area contributed by atoms with Crippen molar-refractivity contribution in [1.29, 1.82) is 5.26 Å². The average Bonchev–Trinajstić information content (AvgIpc) is 3.16. The van der Waals surface area contributed by atoms with Gasteiger partial charge in [-0.25, -0.2) is 0 Å². The van der Waals surface area contributed by atoms with Crippen LogP contribution in [0.4, 0.5) is 11.4 Å². The quantitative estimate of drug-likeness (QED) is 0.455. The van der Waals surface area contributed by atoms with Crippen LogP contribution in [0.2, 0.25) is 5.02 Å². The highest BCUT2D eigenvalue weighted by Crippen LogP contribution is 2.29. The maximum Gasteiger partial charge on any atom is 0.266 e. The SMILES string of the molecule is CC(=O)Nc1ccc(NC(=O)/C(C#N)=C/c2ccc(-c3ccccc3Cl)o2)cc1. The van der Waals surface area contributed by atoms with Crippen molar-refractivity contribution in [3.05, 3.63) is 77.0 Å². The fraction of sp³-hybridized carbons (Fsp3) is 0.0455. The normalized spacial score (nSPS) is 10.9. The lowest BCUT2D eigenvalue weighted by atomic mass is 10.2. The lowest BCUT2D eigenvalue weighted by Gasteiger charge is -2.06. The monoisotopic (exact) mass is 405 g/mol. The number of benzene rings is 2. The third-order valence-electron chi connectivity index (χ3n) is 3.88. The molecule has 7 heteroatoms. The van der Waals surface area contributed by atoms with Gasteiger partial charge in [-0.05, 0) is 48.5 Å². The van der Waals surface area contributed by atoms with Gasteiger partial charge in [0.25, 0.3) is 5.91 Å².